The maximum absolute atomic E-state index is 4.06. The number of fused-ring (bicyclic) bond motifs is 10. The molecule has 0 unspecified atom stereocenters. The first-order valence-corrected chi connectivity index (χ1v) is 49.1. The smallest absolute Gasteiger partial charge is 0.0540 e. The number of hydrogen-bond donors (Lipinski definition) is 2. The van der Waals surface area contributed by atoms with E-state index in [-0.39, 0.29) is 10.8 Å². The normalized spacial score (nSPS) is 12.3. The minimum Gasteiger partial charge on any atom is -0.355 e. The van der Waals surface area contributed by atoms with E-state index in [1.165, 1.54) is 143 Å². The van der Waals surface area contributed by atoms with E-state index in [4.69, 9.17) is 0 Å². The molecule has 0 aromatic heterocycles. The summed E-state index contributed by atoms with van der Waals surface area (Å²) in [6.07, 6.45) is 11.1. The third-order valence-corrected chi connectivity index (χ3v) is 29.2. The Hall–Kier alpha value is -18.0. The largest absolute Gasteiger partial charge is 0.355 e. The predicted octanol–water partition coefficient (Wildman–Crippen LogP) is 37.2. The van der Waals surface area contributed by atoms with Crippen molar-refractivity contribution in [3.8, 4) is 66.8 Å². The minimum atomic E-state index is -0.323. The lowest BCUT2D eigenvalue weighted by atomic mass is 9.69. The number of rotatable bonds is 26. The molecule has 0 fully saturated rings. The fourth-order valence-electron chi connectivity index (χ4n) is 22.0. The summed E-state index contributed by atoms with van der Waals surface area (Å²) in [7, 11) is 0. The van der Waals surface area contributed by atoms with Crippen molar-refractivity contribution in [2.24, 2.45) is 0 Å². The van der Waals surface area contributed by atoms with Gasteiger partial charge in [0.15, 0.2) is 0 Å². The summed E-state index contributed by atoms with van der Waals surface area (Å²) >= 11 is 0. The van der Waals surface area contributed by atoms with E-state index in [2.05, 4.69) is 544 Å². The summed E-state index contributed by atoms with van der Waals surface area (Å²) in [5.74, 6) is 0. The van der Waals surface area contributed by atoms with Crippen LogP contribution in [0.2, 0.25) is 0 Å². The third-order valence-electron chi connectivity index (χ3n) is 29.2. The summed E-state index contributed by atoms with van der Waals surface area (Å²) in [6, 6.07) is 183. The van der Waals surface area contributed by atoms with Gasteiger partial charge in [-0.1, -0.05) is 439 Å². The molecule has 0 amide bonds. The Morgan fingerprint density at radius 3 is 0.746 bits per heavy atom. The van der Waals surface area contributed by atoms with Gasteiger partial charge in [0.25, 0.3) is 0 Å². The summed E-state index contributed by atoms with van der Waals surface area (Å²) in [6.45, 7) is 16.2. The van der Waals surface area contributed by atoms with Gasteiger partial charge < -0.3 is 20.4 Å². The molecule has 0 saturated heterocycles. The molecule has 4 heteroatoms. The number of hydrogen-bond acceptors (Lipinski definition) is 4. The first-order chi connectivity index (χ1) is 70.1. The molecular formula is C138H104N4. The van der Waals surface area contributed by atoms with E-state index in [1.54, 1.807) is 0 Å². The maximum Gasteiger partial charge on any atom is 0.0540 e. The van der Waals surface area contributed by atoms with Crippen LogP contribution in [0.4, 0.5) is 56.9 Å². The molecule has 0 aliphatic heterocycles. The van der Waals surface area contributed by atoms with Crippen LogP contribution >= 0.6 is 0 Å². The van der Waals surface area contributed by atoms with Crippen molar-refractivity contribution >= 4 is 124 Å². The lowest BCUT2D eigenvalue weighted by Crippen LogP contribution is -2.31. The zero-order chi connectivity index (χ0) is 95.5. The molecule has 0 radical (unpaired) electrons. The Kier molecular flexibility index (Phi) is 23.9. The van der Waals surface area contributed by atoms with Crippen molar-refractivity contribution in [1.29, 1.82) is 0 Å². The van der Waals surface area contributed by atoms with Crippen molar-refractivity contribution in [2.45, 2.75) is 36.5 Å². The first kappa shape index (κ1) is 88.0. The molecular weight excluding hydrogens is 1710 g/mol. The summed E-state index contributed by atoms with van der Waals surface area (Å²) < 4.78 is 0. The first-order valence-electron chi connectivity index (χ1n) is 49.1. The van der Waals surface area contributed by atoms with Crippen molar-refractivity contribution in [2.75, 3.05) is 20.4 Å². The molecule has 0 heterocycles. The highest BCUT2D eigenvalue weighted by Crippen LogP contribution is 2.57. The molecule has 0 spiro atoms. The summed E-state index contributed by atoms with van der Waals surface area (Å²) in [5.41, 5.74) is 40.0. The van der Waals surface area contributed by atoms with E-state index in [0.29, 0.717) is 0 Å². The number of anilines is 10. The number of nitrogens with zero attached hydrogens (tertiary/aromatic N) is 2. The fraction of sp³-hybridized carbons (Fsp3) is 0.0435. The highest BCUT2D eigenvalue weighted by Gasteiger charge is 2.45. The van der Waals surface area contributed by atoms with Crippen LogP contribution in [0.5, 0.6) is 0 Å². The Balaban J connectivity index is 0.000000276. The van der Waals surface area contributed by atoms with Crippen LogP contribution in [0.3, 0.4) is 0 Å². The second kappa shape index (κ2) is 38.5. The van der Waals surface area contributed by atoms with Gasteiger partial charge in [0.1, 0.15) is 0 Å². The SMILES string of the molecule is C=Cc1ccc(CC2(Cc3ccc(C=C)cc3)c3ccccc3-c3ccc(-c4ccc(N(c5ccc(-c6ccc(N(c7ccc(-c8ccc9c(c8)C(Cc8ccc(C=C)cc8)(Cc8ccc(C=C)cc8)c8ccccc8-9)cc7)c7cccc8ccccc78)cc6)cc5)c5cccc6ccccc56)cc4)cc32)cc1.c1ccc2c(Nc3ccc(-c4ccc(Nc5cccc6ccccc56)cc4)cc3)cccc2c1. The molecule has 4 nitrogen and oxygen atoms in total. The van der Waals surface area contributed by atoms with Gasteiger partial charge in [-0.2, -0.15) is 0 Å². The standard InChI is InChI=1S/C106H80N2.C32H24N2/c1-5-73-31-39-77(40-32-73)69-105(70-78-41-33-74(6-2)34-42-78)99-27-15-13-25-95(99)97-65-55-87(67-101(97)105)83-51-61-91(62-52-83)107(103-29-17-21-85-19-9-11-23-93(85)103)89-57-47-81(48-58-89)82-49-59-90(60-50-82)108(104-30-18-22-86-20-10-12-24-94(86)104)92-63-53-84(54-64-92)88-56-66-98-96-26-14-16-28-100(96)106(102(98)68-88,71-79-43-35-75(7-3)36-44-79)72-80-45-37-76(8-4)38-46-80;1-3-11-29-25(7-1)9-5-13-31(29)33-27-19-15-23(16-20-27)24-17-21-28(22-18-24)34-32-14-6-10-26-8-2-4-12-30(26)32/h5-68H,1-4,69-72H2;1-22,33-34H. The quantitative estimate of drug-likeness (QED) is 0.0566. The van der Waals surface area contributed by atoms with Gasteiger partial charge >= 0.3 is 0 Å². The molecule has 22 aromatic rings. The molecule has 676 valence electrons. The van der Waals surface area contributed by atoms with Gasteiger partial charge in [-0.3, -0.25) is 0 Å². The van der Waals surface area contributed by atoms with E-state index in [0.717, 1.165) is 116 Å². The molecule has 142 heavy (non-hydrogen) atoms. The van der Waals surface area contributed by atoms with Crippen LogP contribution in [0, 0.1) is 0 Å². The lowest BCUT2D eigenvalue weighted by Gasteiger charge is -2.33. The van der Waals surface area contributed by atoms with E-state index >= 15 is 0 Å². The van der Waals surface area contributed by atoms with Crippen molar-refractivity contribution < 1.29 is 0 Å². The van der Waals surface area contributed by atoms with Gasteiger partial charge in [0.2, 0.25) is 0 Å². The van der Waals surface area contributed by atoms with E-state index < -0.39 is 0 Å². The molecule has 0 atom stereocenters. The zero-order valence-electron chi connectivity index (χ0n) is 79.2. The van der Waals surface area contributed by atoms with E-state index in [1.807, 2.05) is 24.3 Å². The third kappa shape index (κ3) is 17.2. The van der Waals surface area contributed by atoms with Gasteiger partial charge in [-0.25, -0.2) is 0 Å². The molecule has 24 rings (SSSR count). The topological polar surface area (TPSA) is 30.5 Å². The Labute approximate surface area is 832 Å². The Morgan fingerprint density at radius 1 is 0.197 bits per heavy atom. The lowest BCUT2D eigenvalue weighted by molar-refractivity contribution is 0.520. The highest BCUT2D eigenvalue weighted by atomic mass is 15.1. The van der Waals surface area contributed by atoms with Crippen molar-refractivity contribution in [3.05, 3.63) is 591 Å². The summed E-state index contributed by atoms with van der Waals surface area (Å²) in [4.78, 5) is 4.83. The van der Waals surface area contributed by atoms with Crippen molar-refractivity contribution in [3.63, 3.8) is 0 Å². The second-order valence-electron chi connectivity index (χ2n) is 37.6. The molecule has 2 aliphatic rings. The number of nitrogens with one attached hydrogen (secondary N) is 2. The van der Waals surface area contributed by atoms with Gasteiger partial charge in [0.05, 0.1) is 11.4 Å². The minimum absolute atomic E-state index is 0.323. The Morgan fingerprint density at radius 2 is 0.437 bits per heavy atom. The van der Waals surface area contributed by atoms with Gasteiger partial charge in [-0.15, -0.1) is 0 Å². The van der Waals surface area contributed by atoms with Crippen LogP contribution in [-0.4, -0.2) is 0 Å². The molecule has 2 aliphatic carbocycles. The maximum atomic E-state index is 4.06. The zero-order valence-corrected chi connectivity index (χ0v) is 79.2. The predicted molar refractivity (Wildman–Crippen MR) is 607 cm³/mol. The average molecular weight is 1820 g/mol. The monoisotopic (exact) mass is 1820 g/mol. The fourth-order valence-corrected chi connectivity index (χ4v) is 22.0. The van der Waals surface area contributed by atoms with E-state index in [9.17, 15) is 0 Å². The summed E-state index contributed by atoms with van der Waals surface area (Å²) in [5, 5.41) is 16.8. The highest BCUT2D eigenvalue weighted by molar-refractivity contribution is 6.03. The molecule has 0 saturated carbocycles. The van der Waals surface area contributed by atoms with Gasteiger partial charge in [0, 0.05) is 77.9 Å². The van der Waals surface area contributed by atoms with Crippen LogP contribution in [0.25, 0.3) is 134 Å². The van der Waals surface area contributed by atoms with Crippen LogP contribution < -0.4 is 20.4 Å². The van der Waals surface area contributed by atoms with Crippen LogP contribution in [0.15, 0.2) is 524 Å². The Bertz CT molecular complexity index is 7840. The molecule has 0 bridgehead atoms. The average Bonchev–Trinajstić information content (AvgIpc) is 1.56. The molecule has 2 N–H and O–H groups in total. The second-order valence-corrected chi connectivity index (χ2v) is 37.6. The van der Waals surface area contributed by atoms with Crippen LogP contribution in [0.1, 0.15) is 66.8 Å². The number of benzene rings is 22. The molecule has 22 aromatic carbocycles. The van der Waals surface area contributed by atoms with Crippen molar-refractivity contribution in [1.82, 2.24) is 0 Å². The van der Waals surface area contributed by atoms with Gasteiger partial charge in [-0.05, 0) is 290 Å². The van der Waals surface area contributed by atoms with Crippen LogP contribution in [-0.2, 0) is 36.5 Å².